The van der Waals surface area contributed by atoms with Crippen molar-refractivity contribution in [3.8, 4) is 5.75 Å². The fraction of sp³-hybridized carbons (Fsp3) is 0.200. The number of esters is 1. The summed E-state index contributed by atoms with van der Waals surface area (Å²) in [6, 6.07) is 11.4. The Morgan fingerprint density at radius 1 is 1.21 bits per heavy atom. The molecule has 3 aromatic rings. The molecule has 0 fully saturated rings. The molecule has 146 valence electrons. The van der Waals surface area contributed by atoms with Crippen LogP contribution >= 0.6 is 23.2 Å². The third-order valence-corrected chi connectivity index (χ3v) is 4.40. The van der Waals surface area contributed by atoms with Gasteiger partial charge in [-0.15, -0.1) is 0 Å². The highest BCUT2D eigenvalue weighted by Crippen LogP contribution is 2.30. The number of anilines is 2. The summed E-state index contributed by atoms with van der Waals surface area (Å²) in [6.07, 6.45) is -0.916. The second-order valence-electron chi connectivity index (χ2n) is 5.95. The Labute approximate surface area is 171 Å². The Morgan fingerprint density at radius 3 is 2.71 bits per heavy atom. The van der Waals surface area contributed by atoms with E-state index >= 15 is 0 Å². The third kappa shape index (κ3) is 4.64. The van der Waals surface area contributed by atoms with Crippen molar-refractivity contribution in [2.45, 2.75) is 20.0 Å². The summed E-state index contributed by atoms with van der Waals surface area (Å²) in [7, 11) is 0. The van der Waals surface area contributed by atoms with E-state index in [1.165, 1.54) is 19.1 Å². The molecule has 2 aromatic carbocycles. The van der Waals surface area contributed by atoms with Crippen LogP contribution in [0.3, 0.4) is 0 Å². The first-order chi connectivity index (χ1) is 13.4. The van der Waals surface area contributed by atoms with Gasteiger partial charge < -0.3 is 14.8 Å². The molecule has 0 aliphatic carbocycles. The highest BCUT2D eigenvalue weighted by atomic mass is 35.5. The van der Waals surface area contributed by atoms with Crippen LogP contribution in [0, 0.1) is 5.82 Å². The summed E-state index contributed by atoms with van der Waals surface area (Å²) in [6.45, 7) is 3.41. The van der Waals surface area contributed by atoms with E-state index in [0.717, 1.165) is 10.8 Å². The number of hydrogen-bond donors (Lipinski definition) is 1. The van der Waals surface area contributed by atoms with Crippen LogP contribution in [-0.2, 0) is 9.53 Å². The van der Waals surface area contributed by atoms with Crippen molar-refractivity contribution in [2.24, 2.45) is 0 Å². The average molecular weight is 423 g/mol. The molecule has 28 heavy (non-hydrogen) atoms. The van der Waals surface area contributed by atoms with Crippen molar-refractivity contribution in [3.63, 3.8) is 0 Å². The summed E-state index contributed by atoms with van der Waals surface area (Å²) in [5.41, 5.74) is 0.450. The summed E-state index contributed by atoms with van der Waals surface area (Å²) >= 11 is 12.2. The molecule has 1 unspecified atom stereocenters. The van der Waals surface area contributed by atoms with Gasteiger partial charge in [0.2, 0.25) is 0 Å². The Hall–Kier alpha value is -2.57. The molecule has 0 bridgehead atoms. The molecule has 8 heteroatoms. The van der Waals surface area contributed by atoms with Crippen molar-refractivity contribution in [1.29, 1.82) is 0 Å². The molecule has 5 nitrogen and oxygen atoms in total. The second kappa shape index (κ2) is 8.63. The van der Waals surface area contributed by atoms with Gasteiger partial charge >= 0.3 is 5.97 Å². The van der Waals surface area contributed by atoms with Crippen molar-refractivity contribution < 1.29 is 18.7 Å². The molecule has 0 saturated heterocycles. The van der Waals surface area contributed by atoms with Gasteiger partial charge in [0.1, 0.15) is 11.0 Å². The molecule has 1 aromatic heterocycles. The first-order valence-electron chi connectivity index (χ1n) is 8.53. The Balaban J connectivity index is 1.78. The van der Waals surface area contributed by atoms with E-state index in [1.807, 2.05) is 6.07 Å². The van der Waals surface area contributed by atoms with E-state index < -0.39 is 17.9 Å². The SMILES string of the molecule is CCOC(=O)C(C)Oc1ccc(Nc2cc3ccc(Cl)cc3c(Cl)n2)cc1F. The molecule has 0 amide bonds. The van der Waals surface area contributed by atoms with E-state index in [2.05, 4.69) is 10.3 Å². The van der Waals surface area contributed by atoms with E-state index in [0.29, 0.717) is 16.5 Å². The van der Waals surface area contributed by atoms with Crippen LogP contribution < -0.4 is 10.1 Å². The zero-order chi connectivity index (χ0) is 20.3. The van der Waals surface area contributed by atoms with Gasteiger partial charge in [-0.05, 0) is 49.6 Å². The molecule has 0 radical (unpaired) electrons. The predicted octanol–water partition coefficient (Wildman–Crippen LogP) is 5.75. The van der Waals surface area contributed by atoms with Gasteiger partial charge in [0.15, 0.2) is 17.7 Å². The Bertz CT molecular complexity index is 1030. The number of pyridine rings is 1. The topological polar surface area (TPSA) is 60.5 Å². The number of fused-ring (bicyclic) bond motifs is 1. The number of ether oxygens (including phenoxy) is 2. The van der Waals surface area contributed by atoms with Crippen LogP contribution in [-0.4, -0.2) is 23.7 Å². The molecule has 0 spiro atoms. The number of rotatable bonds is 6. The van der Waals surface area contributed by atoms with E-state index in [4.69, 9.17) is 32.7 Å². The standard InChI is InChI=1S/C20H17Cl2FN2O3/c1-3-27-20(26)11(2)28-17-7-6-14(10-16(17)23)24-18-8-12-4-5-13(21)9-15(12)19(22)25-18/h4-11H,3H2,1-2H3,(H,24,25). The molecule has 3 rings (SSSR count). The zero-order valence-corrected chi connectivity index (χ0v) is 16.6. The van der Waals surface area contributed by atoms with Crippen LogP contribution in [0.4, 0.5) is 15.9 Å². The molecule has 0 aliphatic rings. The third-order valence-electron chi connectivity index (χ3n) is 3.87. The lowest BCUT2D eigenvalue weighted by molar-refractivity contribution is -0.150. The summed E-state index contributed by atoms with van der Waals surface area (Å²) < 4.78 is 24.5. The highest BCUT2D eigenvalue weighted by Gasteiger charge is 2.18. The minimum Gasteiger partial charge on any atom is -0.476 e. The molecular weight excluding hydrogens is 406 g/mol. The maximum atomic E-state index is 14.4. The lowest BCUT2D eigenvalue weighted by atomic mass is 10.2. The number of aromatic nitrogens is 1. The van der Waals surface area contributed by atoms with Crippen molar-refractivity contribution in [1.82, 2.24) is 4.98 Å². The monoisotopic (exact) mass is 422 g/mol. The number of nitrogens with one attached hydrogen (secondary N) is 1. The van der Waals surface area contributed by atoms with Crippen LogP contribution in [0.25, 0.3) is 10.8 Å². The van der Waals surface area contributed by atoms with Crippen LogP contribution in [0.1, 0.15) is 13.8 Å². The molecule has 1 heterocycles. The fourth-order valence-electron chi connectivity index (χ4n) is 2.56. The van der Waals surface area contributed by atoms with Gasteiger partial charge in [0.05, 0.1) is 6.61 Å². The number of hydrogen-bond acceptors (Lipinski definition) is 5. The smallest absolute Gasteiger partial charge is 0.347 e. The van der Waals surface area contributed by atoms with Gasteiger partial charge in [-0.2, -0.15) is 0 Å². The minimum absolute atomic E-state index is 0.0507. The van der Waals surface area contributed by atoms with E-state index in [1.54, 1.807) is 31.2 Å². The molecular formula is C20H17Cl2FN2O3. The Kier molecular flexibility index (Phi) is 6.21. The highest BCUT2D eigenvalue weighted by molar-refractivity contribution is 6.36. The number of nitrogens with zero attached hydrogens (tertiary/aromatic N) is 1. The van der Waals surface area contributed by atoms with Gasteiger partial charge in [-0.25, -0.2) is 14.2 Å². The first kappa shape index (κ1) is 20.2. The van der Waals surface area contributed by atoms with E-state index in [-0.39, 0.29) is 17.5 Å². The molecule has 0 aliphatic heterocycles. The summed E-state index contributed by atoms with van der Waals surface area (Å²) in [5.74, 6) is -0.781. The van der Waals surface area contributed by atoms with Crippen LogP contribution in [0.5, 0.6) is 5.75 Å². The predicted molar refractivity (Wildman–Crippen MR) is 108 cm³/mol. The van der Waals surface area contributed by atoms with Gasteiger partial charge in [0.25, 0.3) is 0 Å². The lowest BCUT2D eigenvalue weighted by Crippen LogP contribution is -2.26. The fourth-order valence-corrected chi connectivity index (χ4v) is 2.99. The van der Waals surface area contributed by atoms with Gasteiger partial charge in [-0.3, -0.25) is 0 Å². The largest absolute Gasteiger partial charge is 0.476 e. The lowest BCUT2D eigenvalue weighted by Gasteiger charge is -2.15. The maximum Gasteiger partial charge on any atom is 0.347 e. The number of carbonyl (C=O) groups is 1. The Morgan fingerprint density at radius 2 is 2.00 bits per heavy atom. The summed E-state index contributed by atoms with van der Waals surface area (Å²) in [5, 5.41) is 5.41. The normalized spacial score (nSPS) is 11.9. The van der Waals surface area contributed by atoms with Gasteiger partial charge in [0, 0.05) is 22.2 Å². The van der Waals surface area contributed by atoms with E-state index in [9.17, 15) is 9.18 Å². The number of halogens is 3. The molecule has 0 saturated carbocycles. The van der Waals surface area contributed by atoms with Crippen LogP contribution in [0.2, 0.25) is 10.2 Å². The van der Waals surface area contributed by atoms with Crippen LogP contribution in [0.15, 0.2) is 42.5 Å². The number of benzene rings is 2. The quantitative estimate of drug-likeness (QED) is 0.404. The molecule has 1 N–H and O–H groups in total. The molecule has 1 atom stereocenters. The first-order valence-corrected chi connectivity index (χ1v) is 9.28. The number of carbonyl (C=O) groups excluding carboxylic acids is 1. The second-order valence-corrected chi connectivity index (χ2v) is 6.74. The summed E-state index contributed by atoms with van der Waals surface area (Å²) in [4.78, 5) is 15.9. The maximum absolute atomic E-state index is 14.4. The van der Waals surface area contributed by atoms with Crippen molar-refractivity contribution >= 4 is 51.4 Å². The van der Waals surface area contributed by atoms with Crippen molar-refractivity contribution in [3.05, 3.63) is 58.5 Å². The zero-order valence-electron chi connectivity index (χ0n) is 15.1. The average Bonchev–Trinajstić information content (AvgIpc) is 2.65. The van der Waals surface area contributed by atoms with Crippen molar-refractivity contribution in [2.75, 3.05) is 11.9 Å². The minimum atomic E-state index is -0.916. The van der Waals surface area contributed by atoms with Gasteiger partial charge in [-0.1, -0.05) is 29.3 Å².